The van der Waals surface area contributed by atoms with Crippen LogP contribution in [0.5, 0.6) is 0 Å². The molecule has 2 N–H and O–H groups in total. The Balaban J connectivity index is 4.66. The summed E-state index contributed by atoms with van der Waals surface area (Å²) < 4.78 is 80.8. The summed E-state index contributed by atoms with van der Waals surface area (Å²) in [5.41, 5.74) is 0. The first-order chi connectivity index (χ1) is 9.83. The van der Waals surface area contributed by atoms with Crippen molar-refractivity contribution in [3.63, 3.8) is 0 Å². The minimum Gasteiger partial charge on any atom is -0.232 e. The Labute approximate surface area is 140 Å². The minimum absolute atomic E-state index is 0.00702. The van der Waals surface area contributed by atoms with Crippen molar-refractivity contribution in [1.82, 2.24) is 8.25 Å². The normalized spacial score (nSPS) is 17.2. The van der Waals surface area contributed by atoms with Crippen molar-refractivity contribution in [3.8, 4) is 0 Å². The summed E-state index contributed by atoms with van der Waals surface area (Å²) in [6.07, 6.45) is 0.576. The van der Waals surface area contributed by atoms with Gasteiger partial charge in [-0.1, -0.05) is 0 Å². The predicted molar refractivity (Wildman–Crippen MR) is 95.7 cm³/mol. The van der Waals surface area contributed by atoms with Crippen molar-refractivity contribution in [2.45, 2.75) is 25.2 Å². The average Bonchev–Trinajstić information content (AvgIpc) is 2.19. The highest BCUT2D eigenvalue weighted by Gasteiger charge is 2.33. The van der Waals surface area contributed by atoms with Gasteiger partial charge in [0, 0.05) is 0 Å². The maximum Gasteiger partial charge on any atom is 0.389 e. The quantitative estimate of drug-likeness (QED) is 0.555. The van der Waals surface area contributed by atoms with Crippen LogP contribution in [-0.2, 0) is 0 Å². The molecule has 11 heteroatoms. The molecule has 0 aliphatic rings. The zero-order chi connectivity index (χ0) is 18.7. The topological polar surface area (TPSA) is 24.1 Å². The molecule has 0 saturated carbocycles. The van der Waals surface area contributed by atoms with Gasteiger partial charge in [0.05, 0.1) is 12.8 Å². The maximum absolute atomic E-state index is 12.4. The predicted octanol–water partition coefficient (Wildman–Crippen LogP) is 4.92. The maximum atomic E-state index is 12.4. The lowest BCUT2D eigenvalue weighted by Crippen LogP contribution is -2.36. The smallest absolute Gasteiger partial charge is 0.232 e. The Morgan fingerprint density at radius 3 is 1.09 bits per heavy atom. The van der Waals surface area contributed by atoms with Gasteiger partial charge in [0.1, 0.15) is 0 Å². The summed E-state index contributed by atoms with van der Waals surface area (Å²) in [7, 11) is -5.08. The van der Waals surface area contributed by atoms with E-state index in [-0.39, 0.29) is 11.5 Å². The third-order valence-corrected chi connectivity index (χ3v) is 12.1. The molecular formula is C12H28F6N2S3. The standard InChI is InChI=1S/C12H28F6N2S3/c1-21(2,9-7-11(13,14)15)19-23(5,6)20-22(3,4)10-8-12(16,17)18/h19-20H,7-10H2,1-6H3. The van der Waals surface area contributed by atoms with Crippen molar-refractivity contribution in [1.29, 1.82) is 0 Å². The van der Waals surface area contributed by atoms with E-state index in [4.69, 9.17) is 0 Å². The molecule has 0 spiro atoms. The van der Waals surface area contributed by atoms with Crippen LogP contribution >= 0.6 is 30.8 Å². The van der Waals surface area contributed by atoms with E-state index in [1.165, 1.54) is 0 Å². The second-order valence-electron chi connectivity index (χ2n) is 6.71. The van der Waals surface area contributed by atoms with E-state index in [1.807, 2.05) is 12.5 Å². The highest BCUT2D eigenvalue weighted by atomic mass is 32.4. The third kappa shape index (κ3) is 13.5. The van der Waals surface area contributed by atoms with Crippen LogP contribution in [0.25, 0.3) is 0 Å². The fourth-order valence-corrected chi connectivity index (χ4v) is 13.6. The Hall–Kier alpha value is 0.550. The molecular weight excluding hydrogens is 382 g/mol. The minimum atomic E-state index is -4.20. The molecule has 0 heterocycles. The van der Waals surface area contributed by atoms with E-state index >= 15 is 0 Å². The van der Waals surface area contributed by atoms with E-state index < -0.39 is 56.0 Å². The first kappa shape index (κ1) is 23.5. The molecule has 0 radical (unpaired) electrons. The van der Waals surface area contributed by atoms with Crippen LogP contribution in [0.3, 0.4) is 0 Å². The van der Waals surface area contributed by atoms with Crippen LogP contribution in [0.2, 0.25) is 0 Å². The van der Waals surface area contributed by atoms with Crippen LogP contribution in [0.4, 0.5) is 26.3 Å². The molecule has 0 saturated heterocycles. The number of hydrogen-bond donors (Lipinski definition) is 2. The Morgan fingerprint density at radius 2 is 0.870 bits per heavy atom. The molecule has 0 aromatic heterocycles. The van der Waals surface area contributed by atoms with Crippen LogP contribution in [0.1, 0.15) is 12.8 Å². The van der Waals surface area contributed by atoms with Gasteiger partial charge in [-0.3, -0.25) is 0 Å². The molecule has 0 aliphatic heterocycles. The fraction of sp³-hybridized carbons (Fsp3) is 1.00. The molecule has 0 rings (SSSR count). The van der Waals surface area contributed by atoms with E-state index in [0.29, 0.717) is 0 Å². The lowest BCUT2D eigenvalue weighted by atomic mass is 10.5. The summed E-state index contributed by atoms with van der Waals surface area (Å²) in [6, 6.07) is 0. The zero-order valence-corrected chi connectivity index (χ0v) is 16.8. The van der Waals surface area contributed by atoms with E-state index in [9.17, 15) is 26.3 Å². The summed E-state index contributed by atoms with van der Waals surface area (Å²) in [5.74, 6) is -0.0140. The number of rotatable bonds is 8. The Kier molecular flexibility index (Phi) is 8.03. The third-order valence-electron chi connectivity index (χ3n) is 2.66. The molecule has 23 heavy (non-hydrogen) atoms. The monoisotopic (exact) mass is 410 g/mol. The lowest BCUT2D eigenvalue weighted by Gasteiger charge is -2.50. The number of nitrogens with one attached hydrogen (secondary N) is 2. The SMILES string of the molecule is CS(C)(CCC(F)(F)F)NS(C)(C)NS(C)(C)CCC(F)(F)F. The van der Waals surface area contributed by atoms with Crippen LogP contribution in [-0.4, -0.2) is 61.4 Å². The molecule has 2 nitrogen and oxygen atoms in total. The van der Waals surface area contributed by atoms with Crippen molar-refractivity contribution < 1.29 is 26.3 Å². The first-order valence-corrected chi connectivity index (χ1v) is 14.4. The molecule has 0 fully saturated rings. The molecule has 0 amide bonds. The van der Waals surface area contributed by atoms with E-state index in [2.05, 4.69) is 8.25 Å². The van der Waals surface area contributed by atoms with Crippen LogP contribution in [0, 0.1) is 0 Å². The molecule has 0 aliphatic carbocycles. The van der Waals surface area contributed by atoms with Gasteiger partial charge < -0.3 is 0 Å². The molecule has 146 valence electrons. The molecule has 0 unspecified atom stereocenters. The fourth-order valence-electron chi connectivity index (χ4n) is 1.97. The molecule has 0 aromatic rings. The van der Waals surface area contributed by atoms with Crippen LogP contribution < -0.4 is 8.25 Å². The summed E-state index contributed by atoms with van der Waals surface area (Å²) in [5, 5.41) is 0. The van der Waals surface area contributed by atoms with Gasteiger partial charge in [0.2, 0.25) is 0 Å². The molecule has 0 bridgehead atoms. The number of halogens is 6. The van der Waals surface area contributed by atoms with Crippen LogP contribution in [0.15, 0.2) is 0 Å². The van der Waals surface area contributed by atoms with Gasteiger partial charge in [0.15, 0.2) is 0 Å². The van der Waals surface area contributed by atoms with Gasteiger partial charge in [0.25, 0.3) is 0 Å². The number of hydrogen-bond acceptors (Lipinski definition) is 2. The van der Waals surface area contributed by atoms with E-state index in [1.54, 1.807) is 25.0 Å². The lowest BCUT2D eigenvalue weighted by molar-refractivity contribution is -0.130. The first-order valence-electron chi connectivity index (χ1n) is 6.68. The van der Waals surface area contributed by atoms with Gasteiger partial charge in [-0.25, -0.2) is 8.25 Å². The molecule has 0 atom stereocenters. The van der Waals surface area contributed by atoms with Gasteiger partial charge in [-0.15, -0.1) is 10.4 Å². The Morgan fingerprint density at radius 1 is 0.609 bits per heavy atom. The largest absolute Gasteiger partial charge is 0.389 e. The number of alkyl halides is 6. The average molecular weight is 411 g/mol. The van der Waals surface area contributed by atoms with Gasteiger partial charge >= 0.3 is 12.4 Å². The van der Waals surface area contributed by atoms with Gasteiger partial charge in [-0.05, 0) is 49.0 Å². The van der Waals surface area contributed by atoms with Crippen molar-refractivity contribution in [2.24, 2.45) is 0 Å². The highest BCUT2D eigenvalue weighted by molar-refractivity contribution is 8.50. The van der Waals surface area contributed by atoms with E-state index in [0.717, 1.165) is 0 Å². The van der Waals surface area contributed by atoms with Gasteiger partial charge in [-0.2, -0.15) is 46.8 Å². The summed E-state index contributed by atoms with van der Waals surface area (Å²) in [4.78, 5) is 0. The van der Waals surface area contributed by atoms with Crippen molar-refractivity contribution in [3.05, 3.63) is 0 Å². The molecule has 0 aromatic carbocycles. The second kappa shape index (κ2) is 7.84. The highest BCUT2D eigenvalue weighted by Crippen LogP contribution is 2.54. The summed E-state index contributed by atoms with van der Waals surface area (Å²) in [6.45, 7) is 0. The van der Waals surface area contributed by atoms with Crippen molar-refractivity contribution in [2.75, 3.05) is 49.0 Å². The second-order valence-corrected chi connectivity index (χ2v) is 17.7. The Bertz CT molecular complexity index is 346. The zero-order valence-electron chi connectivity index (χ0n) is 14.3. The summed E-state index contributed by atoms with van der Waals surface area (Å²) >= 11 is 0. The van der Waals surface area contributed by atoms with Crippen molar-refractivity contribution >= 4 is 30.8 Å².